The predicted molar refractivity (Wildman–Crippen MR) is 101 cm³/mol. The second-order valence-electron chi connectivity index (χ2n) is 5.59. The van der Waals surface area contributed by atoms with E-state index in [-0.39, 0.29) is 10.6 Å². The molecule has 2 rings (SSSR count). The van der Waals surface area contributed by atoms with Crippen molar-refractivity contribution in [3.63, 3.8) is 0 Å². The number of carbonyl (C=O) groups excluding carboxylic acids is 1. The molecular weight excluding hydrogens is 372 g/mol. The molecule has 2 aromatic carbocycles. The van der Waals surface area contributed by atoms with Gasteiger partial charge in [-0.1, -0.05) is 6.07 Å². The molecule has 2 aromatic rings. The number of aryl methyl sites for hydroxylation is 1. The largest absolute Gasteiger partial charge is 0.497 e. The Morgan fingerprint density at radius 1 is 0.963 bits per heavy atom. The van der Waals surface area contributed by atoms with Crippen LogP contribution < -0.4 is 24.2 Å². The van der Waals surface area contributed by atoms with Gasteiger partial charge in [-0.15, -0.1) is 0 Å². The number of carbonyl (C=O) groups is 1. The summed E-state index contributed by atoms with van der Waals surface area (Å²) in [5, 5.41) is 2.60. The third kappa shape index (κ3) is 5.11. The first-order chi connectivity index (χ1) is 12.8. The fourth-order valence-corrected chi connectivity index (χ4v) is 3.56. The lowest BCUT2D eigenvalue weighted by molar-refractivity contribution is -0.115. The second kappa shape index (κ2) is 8.74. The second-order valence-corrected chi connectivity index (χ2v) is 7.33. The summed E-state index contributed by atoms with van der Waals surface area (Å²) in [5.74, 6) is 0.613. The number of rotatable bonds is 8. The topological polar surface area (TPSA) is 103 Å². The number of ether oxygens (including phenoxy) is 3. The third-order valence-corrected chi connectivity index (χ3v) is 5.14. The van der Waals surface area contributed by atoms with E-state index in [1.54, 1.807) is 37.3 Å². The van der Waals surface area contributed by atoms with Crippen molar-refractivity contribution in [2.24, 2.45) is 0 Å². The van der Waals surface area contributed by atoms with Gasteiger partial charge in [-0.05, 0) is 36.8 Å². The summed E-state index contributed by atoms with van der Waals surface area (Å²) in [7, 11) is 0.426. The highest BCUT2D eigenvalue weighted by atomic mass is 32.2. The highest BCUT2D eigenvalue weighted by molar-refractivity contribution is 7.89. The van der Waals surface area contributed by atoms with Gasteiger partial charge in [0, 0.05) is 6.07 Å². The van der Waals surface area contributed by atoms with Gasteiger partial charge in [0.2, 0.25) is 15.9 Å². The number of amides is 1. The Morgan fingerprint density at radius 3 is 2.30 bits per heavy atom. The molecule has 27 heavy (non-hydrogen) atoms. The molecule has 0 radical (unpaired) electrons. The maximum Gasteiger partial charge on any atom is 0.244 e. The molecule has 9 heteroatoms. The lowest BCUT2D eigenvalue weighted by Crippen LogP contribution is -2.33. The lowest BCUT2D eigenvalue weighted by Gasteiger charge is -2.13. The zero-order valence-electron chi connectivity index (χ0n) is 15.5. The van der Waals surface area contributed by atoms with Crippen LogP contribution in [0.1, 0.15) is 5.56 Å². The van der Waals surface area contributed by atoms with Crippen molar-refractivity contribution in [2.75, 3.05) is 33.2 Å². The molecule has 0 spiro atoms. The van der Waals surface area contributed by atoms with Gasteiger partial charge in [0.25, 0.3) is 0 Å². The van der Waals surface area contributed by atoms with E-state index < -0.39 is 22.5 Å². The number of hydrogen-bond donors (Lipinski definition) is 2. The summed E-state index contributed by atoms with van der Waals surface area (Å²) in [6.45, 7) is 1.32. The quantitative estimate of drug-likeness (QED) is 0.709. The standard InChI is InChI=1S/C18H22N2O6S/c1-12-5-8-15(25-3)17(9-12)27(22,23)19-11-18(21)20-14-7-6-13(24-2)10-16(14)26-4/h5-10,19H,11H2,1-4H3,(H,20,21). The molecule has 0 heterocycles. The molecule has 0 aliphatic rings. The van der Waals surface area contributed by atoms with Crippen molar-refractivity contribution in [1.82, 2.24) is 4.72 Å². The van der Waals surface area contributed by atoms with E-state index in [0.717, 1.165) is 5.56 Å². The van der Waals surface area contributed by atoms with Gasteiger partial charge in [0.15, 0.2) is 0 Å². The first-order valence-electron chi connectivity index (χ1n) is 7.97. The molecular formula is C18H22N2O6S. The van der Waals surface area contributed by atoms with Crippen molar-refractivity contribution < 1.29 is 27.4 Å². The number of sulfonamides is 1. The minimum atomic E-state index is -3.93. The molecule has 0 bridgehead atoms. The maximum absolute atomic E-state index is 12.5. The molecule has 0 aromatic heterocycles. The smallest absolute Gasteiger partial charge is 0.244 e. The predicted octanol–water partition coefficient (Wildman–Crippen LogP) is 1.94. The highest BCUT2D eigenvalue weighted by Gasteiger charge is 2.21. The van der Waals surface area contributed by atoms with Crippen LogP contribution in [-0.2, 0) is 14.8 Å². The molecule has 8 nitrogen and oxygen atoms in total. The molecule has 146 valence electrons. The summed E-state index contributed by atoms with van der Waals surface area (Å²) >= 11 is 0. The summed E-state index contributed by atoms with van der Waals surface area (Å²) < 4.78 is 42.7. The lowest BCUT2D eigenvalue weighted by atomic mass is 10.2. The number of methoxy groups -OCH3 is 3. The first kappa shape index (κ1) is 20.5. The summed E-state index contributed by atoms with van der Waals surface area (Å²) in [6.07, 6.45) is 0. The molecule has 0 saturated heterocycles. The van der Waals surface area contributed by atoms with Crippen molar-refractivity contribution >= 4 is 21.6 Å². The van der Waals surface area contributed by atoms with E-state index in [4.69, 9.17) is 14.2 Å². The van der Waals surface area contributed by atoms with Gasteiger partial charge >= 0.3 is 0 Å². The summed E-state index contributed by atoms with van der Waals surface area (Å²) in [6, 6.07) is 9.64. The Balaban J connectivity index is 2.10. The number of anilines is 1. The van der Waals surface area contributed by atoms with Crippen molar-refractivity contribution in [1.29, 1.82) is 0 Å². The Morgan fingerprint density at radius 2 is 1.67 bits per heavy atom. The van der Waals surface area contributed by atoms with E-state index in [2.05, 4.69) is 10.0 Å². The van der Waals surface area contributed by atoms with Crippen LogP contribution in [0.25, 0.3) is 0 Å². The van der Waals surface area contributed by atoms with Crippen LogP contribution >= 0.6 is 0 Å². The molecule has 0 aliphatic heterocycles. The van der Waals surface area contributed by atoms with E-state index in [9.17, 15) is 13.2 Å². The number of benzene rings is 2. The van der Waals surface area contributed by atoms with Gasteiger partial charge < -0.3 is 19.5 Å². The Labute approximate surface area is 158 Å². The van der Waals surface area contributed by atoms with Crippen LogP contribution in [0, 0.1) is 6.92 Å². The van der Waals surface area contributed by atoms with E-state index in [1.807, 2.05) is 0 Å². The fourth-order valence-electron chi connectivity index (χ4n) is 2.33. The third-order valence-electron chi connectivity index (χ3n) is 3.71. The zero-order chi connectivity index (χ0) is 20.0. The van der Waals surface area contributed by atoms with Crippen LogP contribution in [0.3, 0.4) is 0 Å². The molecule has 1 amide bonds. The molecule has 0 aliphatic carbocycles. The minimum absolute atomic E-state index is 0.0279. The highest BCUT2D eigenvalue weighted by Crippen LogP contribution is 2.29. The molecule has 0 atom stereocenters. The van der Waals surface area contributed by atoms with E-state index in [0.29, 0.717) is 17.2 Å². The van der Waals surface area contributed by atoms with Crippen LogP contribution in [0.15, 0.2) is 41.3 Å². The van der Waals surface area contributed by atoms with Crippen LogP contribution in [0.5, 0.6) is 17.2 Å². The van der Waals surface area contributed by atoms with Gasteiger partial charge in [0.05, 0.1) is 33.6 Å². The molecule has 0 saturated carbocycles. The van der Waals surface area contributed by atoms with Crippen LogP contribution in [0.2, 0.25) is 0 Å². The molecule has 0 unspecified atom stereocenters. The van der Waals surface area contributed by atoms with E-state index in [1.165, 1.54) is 27.4 Å². The van der Waals surface area contributed by atoms with Crippen LogP contribution in [0.4, 0.5) is 5.69 Å². The Kier molecular flexibility index (Phi) is 6.65. The van der Waals surface area contributed by atoms with Crippen LogP contribution in [-0.4, -0.2) is 42.2 Å². The van der Waals surface area contributed by atoms with E-state index >= 15 is 0 Å². The Bertz CT molecular complexity index is 927. The van der Waals surface area contributed by atoms with Crippen molar-refractivity contribution in [3.8, 4) is 17.2 Å². The Hall–Kier alpha value is -2.78. The summed E-state index contributed by atoms with van der Waals surface area (Å²) in [4.78, 5) is 12.2. The normalized spacial score (nSPS) is 11.0. The molecule has 2 N–H and O–H groups in total. The van der Waals surface area contributed by atoms with Gasteiger partial charge in [-0.25, -0.2) is 13.1 Å². The number of nitrogens with one attached hydrogen (secondary N) is 2. The average Bonchev–Trinajstić information content (AvgIpc) is 2.66. The minimum Gasteiger partial charge on any atom is -0.497 e. The first-order valence-corrected chi connectivity index (χ1v) is 9.45. The molecule has 0 fully saturated rings. The van der Waals surface area contributed by atoms with Gasteiger partial charge in [-0.2, -0.15) is 0 Å². The van der Waals surface area contributed by atoms with Gasteiger partial charge in [0.1, 0.15) is 22.1 Å². The summed E-state index contributed by atoms with van der Waals surface area (Å²) in [5.41, 5.74) is 1.15. The van der Waals surface area contributed by atoms with Crippen molar-refractivity contribution in [3.05, 3.63) is 42.0 Å². The number of hydrogen-bond acceptors (Lipinski definition) is 6. The monoisotopic (exact) mass is 394 g/mol. The average molecular weight is 394 g/mol. The van der Waals surface area contributed by atoms with Gasteiger partial charge in [-0.3, -0.25) is 4.79 Å². The zero-order valence-corrected chi connectivity index (χ0v) is 16.3. The van der Waals surface area contributed by atoms with Crippen molar-refractivity contribution in [2.45, 2.75) is 11.8 Å². The maximum atomic E-state index is 12.5. The fraction of sp³-hybridized carbons (Fsp3) is 0.278. The SMILES string of the molecule is COc1ccc(NC(=O)CNS(=O)(=O)c2cc(C)ccc2OC)c(OC)c1.